The summed E-state index contributed by atoms with van der Waals surface area (Å²) in [5.74, 6) is -0.649. The van der Waals surface area contributed by atoms with Crippen molar-refractivity contribution in [3.05, 3.63) is 119 Å². The van der Waals surface area contributed by atoms with Crippen LogP contribution in [0.2, 0.25) is 0 Å². The van der Waals surface area contributed by atoms with Crippen LogP contribution in [0.15, 0.2) is 108 Å². The highest BCUT2D eigenvalue weighted by atomic mass is 32.2. The fourth-order valence-electron chi connectivity index (χ4n) is 3.87. The first-order valence-electron chi connectivity index (χ1n) is 10.5. The molecule has 1 aliphatic heterocycles. The molecule has 0 bridgehead atoms. The van der Waals surface area contributed by atoms with Crippen molar-refractivity contribution in [2.45, 2.75) is 5.88 Å². The maximum Gasteiger partial charge on any atom is 0.326 e. The minimum atomic E-state index is -4.70. The lowest BCUT2D eigenvalue weighted by Crippen LogP contribution is -2.41. The van der Waals surface area contributed by atoms with Crippen LogP contribution in [0.25, 0.3) is 23.1 Å². The number of fused-ring (bicyclic) bond motifs is 2. The van der Waals surface area contributed by atoms with Crippen LogP contribution >= 0.6 is 0 Å². The standard InChI is InChI=1S/C26H20N2O6S2/c1-2-8-26(36(32,33)34)28-23(18-16-21-10-4-6-14-25(21)28)12-7-11-22-17-15-20-9-3-5-13-24(20)27(22)19-35(29,30)31/h3-7,9-18H,1,19H2,(H-,29,30,31,32,33,34)/p+1. The van der Waals surface area contributed by atoms with Crippen molar-refractivity contribution in [1.82, 2.24) is 0 Å². The summed E-state index contributed by atoms with van der Waals surface area (Å²) >= 11 is 0. The molecule has 2 aromatic carbocycles. The first-order chi connectivity index (χ1) is 17.1. The van der Waals surface area contributed by atoms with Gasteiger partial charge in [-0.15, -0.1) is 0 Å². The molecule has 1 aliphatic rings. The molecule has 0 amide bonds. The average Bonchev–Trinajstić information content (AvgIpc) is 2.82. The van der Waals surface area contributed by atoms with Crippen molar-refractivity contribution in [3.8, 4) is 0 Å². The Balaban J connectivity index is 1.84. The monoisotopic (exact) mass is 521 g/mol. The zero-order chi connectivity index (χ0) is 25.9. The molecule has 0 spiro atoms. The summed E-state index contributed by atoms with van der Waals surface area (Å²) in [5, 5.41) is 0.231. The summed E-state index contributed by atoms with van der Waals surface area (Å²) in [7, 11) is -9.04. The topological polar surface area (TPSA) is 116 Å². The molecule has 0 radical (unpaired) electrons. The second-order valence-electron chi connectivity index (χ2n) is 7.72. The van der Waals surface area contributed by atoms with E-state index in [1.807, 2.05) is 18.2 Å². The molecule has 3 aromatic rings. The highest BCUT2D eigenvalue weighted by Gasteiger charge is 2.28. The van der Waals surface area contributed by atoms with Crippen molar-refractivity contribution in [1.29, 1.82) is 0 Å². The molecule has 0 unspecified atom stereocenters. The number of rotatable bonds is 6. The molecule has 0 fully saturated rings. The van der Waals surface area contributed by atoms with Crippen LogP contribution in [0, 0.1) is 0 Å². The van der Waals surface area contributed by atoms with Crippen molar-refractivity contribution in [2.24, 2.45) is 0 Å². The lowest BCUT2D eigenvalue weighted by molar-refractivity contribution is -0.653. The van der Waals surface area contributed by atoms with Gasteiger partial charge >= 0.3 is 20.2 Å². The number of benzene rings is 2. The van der Waals surface area contributed by atoms with Crippen LogP contribution in [0.1, 0.15) is 11.3 Å². The number of hydrogen-bond donors (Lipinski definition) is 2. The number of para-hydroxylation sites is 2. The van der Waals surface area contributed by atoms with E-state index in [-0.39, 0.29) is 0 Å². The predicted molar refractivity (Wildman–Crippen MR) is 138 cm³/mol. The summed E-state index contributed by atoms with van der Waals surface area (Å²) in [6.07, 6.45) is 8.27. The molecule has 182 valence electrons. The van der Waals surface area contributed by atoms with Gasteiger partial charge < -0.3 is 0 Å². The Morgan fingerprint density at radius 1 is 0.972 bits per heavy atom. The normalized spacial score (nSPS) is 14.6. The summed E-state index contributed by atoms with van der Waals surface area (Å²) in [6.45, 7) is 3.37. The number of anilines is 1. The van der Waals surface area contributed by atoms with Crippen LogP contribution in [0.5, 0.6) is 0 Å². The quantitative estimate of drug-likeness (QED) is 0.285. The van der Waals surface area contributed by atoms with Gasteiger partial charge in [-0.3, -0.25) is 14.0 Å². The van der Waals surface area contributed by atoms with Crippen molar-refractivity contribution >= 4 is 49.0 Å². The Kier molecular flexibility index (Phi) is 6.92. The Morgan fingerprint density at radius 2 is 1.69 bits per heavy atom. The first kappa shape index (κ1) is 25.1. The van der Waals surface area contributed by atoms with Gasteiger partial charge in [0.05, 0.1) is 5.69 Å². The van der Waals surface area contributed by atoms with Gasteiger partial charge in [-0.1, -0.05) is 48.2 Å². The molecule has 0 atom stereocenters. The number of aromatic nitrogens is 1. The minimum Gasteiger partial charge on any atom is -0.291 e. The third-order valence-electron chi connectivity index (χ3n) is 5.31. The maximum absolute atomic E-state index is 12.2. The van der Waals surface area contributed by atoms with E-state index in [4.69, 9.17) is 0 Å². The van der Waals surface area contributed by atoms with Gasteiger partial charge in [-0.05, 0) is 48.2 Å². The second kappa shape index (κ2) is 9.93. The van der Waals surface area contributed by atoms with Crippen LogP contribution < -0.4 is 9.47 Å². The lowest BCUT2D eigenvalue weighted by atomic mass is 10.1. The SMILES string of the molecule is C=C=C=C(N1C(=CC=Cc2ccc3ccccc3[n+]2CS(=O)(=O)O)C=Cc2ccccc21)S(=O)(=O)O. The Labute approximate surface area is 208 Å². The molecule has 2 heterocycles. The van der Waals surface area contributed by atoms with E-state index in [0.717, 1.165) is 5.39 Å². The smallest absolute Gasteiger partial charge is 0.291 e. The summed E-state index contributed by atoms with van der Waals surface area (Å²) < 4.78 is 68.5. The molecule has 0 saturated carbocycles. The van der Waals surface area contributed by atoms with Crippen LogP contribution in [0.4, 0.5) is 5.69 Å². The second-order valence-corrected chi connectivity index (χ2v) is 10.5. The molecular weight excluding hydrogens is 500 g/mol. The molecule has 10 heteroatoms. The Morgan fingerprint density at radius 3 is 2.42 bits per heavy atom. The van der Waals surface area contributed by atoms with Gasteiger partial charge in [-0.25, -0.2) is 0 Å². The molecule has 0 saturated heterocycles. The number of allylic oxidation sites excluding steroid dienone is 3. The summed E-state index contributed by atoms with van der Waals surface area (Å²) in [4.78, 5) is 1.31. The Bertz CT molecular complexity index is 1760. The first-order valence-corrected chi connectivity index (χ1v) is 13.6. The number of hydrogen-bond acceptors (Lipinski definition) is 5. The van der Waals surface area contributed by atoms with Crippen LogP contribution in [0.3, 0.4) is 0 Å². The summed E-state index contributed by atoms with van der Waals surface area (Å²) in [6, 6.07) is 17.7. The number of nitrogens with zero attached hydrogens (tertiary/aromatic N) is 2. The van der Waals surface area contributed by atoms with Crippen molar-refractivity contribution in [2.75, 3.05) is 4.90 Å². The number of pyridine rings is 1. The molecule has 1 aromatic heterocycles. The molecule has 2 N–H and O–H groups in total. The maximum atomic E-state index is 12.2. The van der Waals surface area contributed by atoms with E-state index < -0.39 is 31.1 Å². The minimum absolute atomic E-state index is 0.377. The lowest BCUT2D eigenvalue weighted by Gasteiger charge is -2.29. The van der Waals surface area contributed by atoms with Crippen LogP contribution in [-0.2, 0) is 26.1 Å². The largest absolute Gasteiger partial charge is 0.326 e. The van der Waals surface area contributed by atoms with E-state index in [1.54, 1.807) is 72.8 Å². The fraction of sp³-hybridized carbons (Fsp3) is 0.0385. The fourth-order valence-corrected chi connectivity index (χ4v) is 5.12. The Hall–Kier alpha value is -4.01. The van der Waals surface area contributed by atoms with E-state index in [2.05, 4.69) is 18.0 Å². The van der Waals surface area contributed by atoms with Gasteiger partial charge in [0.2, 0.25) is 16.2 Å². The zero-order valence-corrected chi connectivity index (χ0v) is 20.4. The van der Waals surface area contributed by atoms with Crippen molar-refractivity contribution < 1.29 is 30.5 Å². The third kappa shape index (κ3) is 5.45. The van der Waals surface area contributed by atoms with Gasteiger partial charge in [0.15, 0.2) is 0 Å². The van der Waals surface area contributed by atoms with E-state index >= 15 is 0 Å². The van der Waals surface area contributed by atoms with Crippen LogP contribution in [-0.4, -0.2) is 25.9 Å². The zero-order valence-electron chi connectivity index (χ0n) is 18.8. The molecular formula is C26H21N2O6S2+. The van der Waals surface area contributed by atoms with E-state index in [9.17, 15) is 25.9 Å². The third-order valence-corrected chi connectivity index (χ3v) is 6.67. The highest BCUT2D eigenvalue weighted by Crippen LogP contribution is 2.35. The van der Waals surface area contributed by atoms with Gasteiger partial charge in [0.1, 0.15) is 0 Å². The van der Waals surface area contributed by atoms with Gasteiger partial charge in [-0.2, -0.15) is 21.4 Å². The van der Waals surface area contributed by atoms with Gasteiger partial charge in [0.25, 0.3) is 5.88 Å². The van der Waals surface area contributed by atoms with Crippen molar-refractivity contribution in [3.63, 3.8) is 0 Å². The molecule has 8 nitrogen and oxygen atoms in total. The van der Waals surface area contributed by atoms with E-state index in [0.29, 0.717) is 28.2 Å². The molecule has 36 heavy (non-hydrogen) atoms. The highest BCUT2D eigenvalue weighted by molar-refractivity contribution is 7.90. The summed E-state index contributed by atoms with van der Waals surface area (Å²) in [5.41, 5.74) is 7.31. The van der Waals surface area contributed by atoms with Gasteiger partial charge in [0, 0.05) is 29.3 Å². The average molecular weight is 522 g/mol. The predicted octanol–water partition coefficient (Wildman–Crippen LogP) is 4.07. The molecule has 4 rings (SSSR count). The van der Waals surface area contributed by atoms with E-state index in [1.165, 1.54) is 9.47 Å². The molecule has 0 aliphatic carbocycles.